The Labute approximate surface area is 208 Å². The molecule has 0 bridgehead atoms. The lowest BCUT2D eigenvalue weighted by molar-refractivity contribution is 0.397. The monoisotopic (exact) mass is 506 g/mol. The zero-order valence-corrected chi connectivity index (χ0v) is 21.3. The fourth-order valence-corrected chi connectivity index (χ4v) is 6.63. The first-order valence-electron chi connectivity index (χ1n) is 10.7. The predicted molar refractivity (Wildman–Crippen MR) is 146 cm³/mol. The number of rotatable bonds is 2. The summed E-state index contributed by atoms with van der Waals surface area (Å²) in [5.74, 6) is -0.200. The summed E-state index contributed by atoms with van der Waals surface area (Å²) in [6.07, 6.45) is 0. The average molecular weight is 507 g/mol. The van der Waals surface area contributed by atoms with Crippen LogP contribution in [0.4, 0.5) is 15.8 Å². The molecule has 2 aliphatic heterocycles. The summed E-state index contributed by atoms with van der Waals surface area (Å²) >= 11 is 11.4. The molecular weight excluding hydrogens is 480 g/mol. The summed E-state index contributed by atoms with van der Waals surface area (Å²) in [5.41, 5.74) is 3.63. The summed E-state index contributed by atoms with van der Waals surface area (Å²) < 4.78 is 14.9. The summed E-state index contributed by atoms with van der Waals surface area (Å²) in [5, 5.41) is 0. The van der Waals surface area contributed by atoms with Gasteiger partial charge >= 0.3 is 0 Å². The van der Waals surface area contributed by atoms with E-state index in [1.807, 2.05) is 12.1 Å². The van der Waals surface area contributed by atoms with E-state index in [2.05, 4.69) is 50.8 Å². The van der Waals surface area contributed by atoms with Crippen molar-refractivity contribution < 1.29 is 4.39 Å². The number of halogens is 1. The second kappa shape index (κ2) is 11.0. The molecule has 0 atom stereocenters. The first-order valence-corrected chi connectivity index (χ1v) is 13.7. The molecule has 170 valence electrons. The van der Waals surface area contributed by atoms with Crippen molar-refractivity contribution in [2.45, 2.75) is 6.92 Å². The van der Waals surface area contributed by atoms with Gasteiger partial charge in [0.05, 0.1) is 0 Å². The third-order valence-electron chi connectivity index (χ3n) is 5.85. The maximum Gasteiger partial charge on any atom is 0.147 e. The lowest BCUT2D eigenvalue weighted by Gasteiger charge is -2.38. The zero-order valence-electron chi connectivity index (χ0n) is 18.1. The van der Waals surface area contributed by atoms with Crippen LogP contribution in [0, 0.1) is 12.7 Å². The molecule has 0 aromatic heterocycles. The minimum Gasteiger partial charge on any atom is -0.368 e. The van der Waals surface area contributed by atoms with Gasteiger partial charge in [-0.2, -0.15) is 0 Å². The van der Waals surface area contributed by atoms with Crippen LogP contribution in [-0.2, 0) is 0 Å². The lowest BCUT2D eigenvalue weighted by Crippen LogP contribution is -2.48. The molecule has 4 nitrogen and oxygen atoms in total. The Hall–Kier alpha value is -1.55. The lowest BCUT2D eigenvalue weighted by atomic mass is 10.2. The van der Waals surface area contributed by atoms with E-state index in [1.165, 1.54) is 23.4 Å². The predicted octanol–water partition coefficient (Wildman–Crippen LogP) is 5.03. The zero-order chi connectivity index (χ0) is 22.5. The van der Waals surface area contributed by atoms with Gasteiger partial charge in [0.25, 0.3) is 0 Å². The number of nitrogens with zero attached hydrogens (tertiary/aromatic N) is 4. The van der Waals surface area contributed by atoms with Crippen LogP contribution >= 0.6 is 46.0 Å². The number of hydrogen-bond donors (Lipinski definition) is 0. The van der Waals surface area contributed by atoms with E-state index in [0.29, 0.717) is 0 Å². The van der Waals surface area contributed by atoms with Crippen LogP contribution < -0.4 is 9.80 Å². The molecule has 0 amide bonds. The van der Waals surface area contributed by atoms with E-state index in [9.17, 15) is 4.39 Å². The van der Waals surface area contributed by atoms with Crippen LogP contribution in [0.3, 0.4) is 0 Å². The van der Waals surface area contributed by atoms with Gasteiger partial charge in [0.1, 0.15) is 14.5 Å². The topological polar surface area (TPSA) is 13.0 Å². The van der Waals surface area contributed by atoms with Crippen molar-refractivity contribution in [3.05, 3.63) is 59.9 Å². The van der Waals surface area contributed by atoms with Gasteiger partial charge in [0.2, 0.25) is 0 Å². The smallest absolute Gasteiger partial charge is 0.147 e. The molecule has 2 heterocycles. The Bertz CT molecular complexity index is 845. The van der Waals surface area contributed by atoms with Gasteiger partial charge in [-0.1, -0.05) is 42.1 Å². The van der Waals surface area contributed by atoms with Crippen molar-refractivity contribution in [3.8, 4) is 0 Å². The van der Waals surface area contributed by atoms with Crippen molar-refractivity contribution in [2.75, 3.05) is 62.2 Å². The standard InChI is InChI=1S/C23H27FN4S4/c1-18-2-6-20(7-3-18)25-10-14-27(15-11-25)22(29)31-32-23(30)28-16-12-26(13-17-28)21-8-4-19(24)5-9-21/h2-9H,10-17H2,1H3. The molecule has 2 aliphatic rings. The number of anilines is 2. The second-order valence-corrected chi connectivity index (χ2v) is 11.4. The van der Waals surface area contributed by atoms with Crippen molar-refractivity contribution in [1.82, 2.24) is 9.80 Å². The normalized spacial score (nSPS) is 16.9. The van der Waals surface area contributed by atoms with E-state index in [1.54, 1.807) is 21.6 Å². The molecule has 2 fully saturated rings. The summed E-state index contributed by atoms with van der Waals surface area (Å²) in [6.45, 7) is 9.43. The fourth-order valence-electron chi connectivity index (χ4n) is 3.88. The van der Waals surface area contributed by atoms with E-state index in [-0.39, 0.29) is 5.82 Å². The van der Waals surface area contributed by atoms with Crippen LogP contribution in [-0.4, -0.2) is 70.8 Å². The van der Waals surface area contributed by atoms with Gasteiger partial charge < -0.3 is 19.6 Å². The van der Waals surface area contributed by atoms with Gasteiger partial charge in [0.15, 0.2) is 0 Å². The number of benzene rings is 2. The molecule has 9 heteroatoms. The van der Waals surface area contributed by atoms with Gasteiger partial charge in [-0.3, -0.25) is 0 Å². The molecule has 2 saturated heterocycles. The van der Waals surface area contributed by atoms with Crippen molar-refractivity contribution in [2.24, 2.45) is 0 Å². The second-order valence-electron chi connectivity index (χ2n) is 7.96. The number of hydrogen-bond acceptors (Lipinski definition) is 6. The SMILES string of the molecule is Cc1ccc(N2CCN(C(=S)SSC(=S)N3CCN(c4ccc(F)cc4)CC3)CC2)cc1. The quantitative estimate of drug-likeness (QED) is 0.410. The molecule has 2 aromatic rings. The Balaban J connectivity index is 1.18. The Kier molecular flexibility index (Phi) is 8.15. The molecule has 0 saturated carbocycles. The Morgan fingerprint density at radius 3 is 1.44 bits per heavy atom. The largest absolute Gasteiger partial charge is 0.368 e. The van der Waals surface area contributed by atoms with Gasteiger partial charge in [-0.25, -0.2) is 4.39 Å². The van der Waals surface area contributed by atoms with Crippen molar-refractivity contribution in [1.29, 1.82) is 0 Å². The van der Waals surface area contributed by atoms with Crippen molar-refractivity contribution in [3.63, 3.8) is 0 Å². The summed E-state index contributed by atoms with van der Waals surface area (Å²) in [6, 6.07) is 15.4. The van der Waals surface area contributed by atoms with Crippen molar-refractivity contribution >= 4 is 66.0 Å². The molecular formula is C23H27FN4S4. The summed E-state index contributed by atoms with van der Waals surface area (Å²) in [7, 11) is 3.19. The van der Waals surface area contributed by atoms with Crippen LogP contribution in [0.5, 0.6) is 0 Å². The van der Waals surface area contributed by atoms with Gasteiger partial charge in [-0.05, 0) is 64.9 Å². The van der Waals surface area contributed by atoms with Crippen LogP contribution in [0.25, 0.3) is 0 Å². The van der Waals surface area contributed by atoms with Crippen LogP contribution in [0.2, 0.25) is 0 Å². The average Bonchev–Trinajstić information content (AvgIpc) is 2.83. The highest BCUT2D eigenvalue weighted by atomic mass is 33.1. The maximum atomic E-state index is 13.2. The molecule has 0 aliphatic carbocycles. The fraction of sp³-hybridized carbons (Fsp3) is 0.391. The van der Waals surface area contributed by atoms with E-state index in [0.717, 1.165) is 66.7 Å². The minimum atomic E-state index is -0.200. The first-order chi connectivity index (χ1) is 15.5. The third kappa shape index (κ3) is 6.07. The summed E-state index contributed by atoms with van der Waals surface area (Å²) in [4.78, 5) is 9.22. The number of aryl methyl sites for hydroxylation is 1. The van der Waals surface area contributed by atoms with Gasteiger partial charge in [0, 0.05) is 63.7 Å². The molecule has 4 rings (SSSR count). The maximum absolute atomic E-state index is 13.2. The van der Waals surface area contributed by atoms with E-state index >= 15 is 0 Å². The molecule has 0 N–H and O–H groups in total. The first kappa shape index (κ1) is 23.6. The molecule has 0 spiro atoms. The molecule has 32 heavy (non-hydrogen) atoms. The highest BCUT2D eigenvalue weighted by Gasteiger charge is 2.23. The third-order valence-corrected chi connectivity index (χ3v) is 9.58. The highest BCUT2D eigenvalue weighted by Crippen LogP contribution is 2.30. The highest BCUT2D eigenvalue weighted by molar-refractivity contribution is 8.89. The molecule has 0 unspecified atom stereocenters. The number of thiocarbonyl (C=S) groups is 2. The van der Waals surface area contributed by atoms with E-state index < -0.39 is 0 Å². The van der Waals surface area contributed by atoms with Crippen LogP contribution in [0.1, 0.15) is 5.56 Å². The minimum absolute atomic E-state index is 0.200. The van der Waals surface area contributed by atoms with Gasteiger partial charge in [-0.15, -0.1) is 0 Å². The number of piperazine rings is 2. The van der Waals surface area contributed by atoms with Crippen LogP contribution in [0.15, 0.2) is 48.5 Å². The Morgan fingerprint density at radius 2 is 1.03 bits per heavy atom. The van der Waals surface area contributed by atoms with E-state index in [4.69, 9.17) is 24.4 Å². The Morgan fingerprint density at radius 1 is 0.656 bits per heavy atom. The molecule has 0 radical (unpaired) electrons. The molecule has 2 aromatic carbocycles.